The summed E-state index contributed by atoms with van der Waals surface area (Å²) in [6, 6.07) is -0.832. The average Bonchev–Trinajstić information content (AvgIpc) is 1.01. The lowest BCUT2D eigenvalue weighted by molar-refractivity contribution is -0.302. The molecule has 1 amide bonds. The molecule has 0 aromatic carbocycles. The second kappa shape index (κ2) is 69.7. The van der Waals surface area contributed by atoms with Crippen molar-refractivity contribution < 1.29 is 49.3 Å². The molecule has 7 unspecified atom stereocenters. The maximum Gasteiger partial charge on any atom is 0.305 e. The third kappa shape index (κ3) is 57.6. The summed E-state index contributed by atoms with van der Waals surface area (Å²) in [6.07, 6.45) is 84.4. The van der Waals surface area contributed by atoms with Gasteiger partial charge in [-0.1, -0.05) is 344 Å². The summed E-state index contributed by atoms with van der Waals surface area (Å²) in [6.45, 7) is 4.13. The summed E-state index contributed by atoms with van der Waals surface area (Å²) < 4.78 is 16.7. The highest BCUT2D eigenvalue weighted by molar-refractivity contribution is 5.76. The van der Waals surface area contributed by atoms with Crippen molar-refractivity contribution in [1.82, 2.24) is 5.32 Å². The second-order valence-electron chi connectivity index (χ2n) is 27.4. The molecule has 0 bridgehead atoms. The van der Waals surface area contributed by atoms with Gasteiger partial charge < -0.3 is 45.1 Å². The number of nitrogens with one attached hydrogen (secondary N) is 1. The fourth-order valence-corrected chi connectivity index (χ4v) is 12.5. The molecule has 1 saturated heterocycles. The molecule has 11 heteroatoms. The van der Waals surface area contributed by atoms with Crippen molar-refractivity contribution in [3.8, 4) is 0 Å². The highest BCUT2D eigenvalue weighted by Crippen LogP contribution is 2.24. The number of unbranched alkanes of at least 4 members (excludes halogenated alkanes) is 49. The molecule has 92 heavy (non-hydrogen) atoms. The fraction of sp³-hybridized carbons (Fsp3) is 0.852. The summed E-state index contributed by atoms with van der Waals surface area (Å²) in [5.41, 5.74) is 0. The smallest absolute Gasteiger partial charge is 0.305 e. The fourth-order valence-electron chi connectivity index (χ4n) is 12.5. The zero-order valence-electron chi connectivity index (χ0n) is 60.0. The van der Waals surface area contributed by atoms with E-state index >= 15 is 0 Å². The van der Waals surface area contributed by atoms with Gasteiger partial charge in [-0.25, -0.2) is 0 Å². The van der Waals surface area contributed by atoms with Crippen LogP contribution in [-0.2, 0) is 23.8 Å². The molecular formula is C81H149NO10. The van der Waals surface area contributed by atoms with Crippen molar-refractivity contribution in [2.24, 2.45) is 0 Å². The quantitative estimate of drug-likeness (QED) is 0.0195. The van der Waals surface area contributed by atoms with Gasteiger partial charge in [0.2, 0.25) is 5.91 Å². The van der Waals surface area contributed by atoms with E-state index in [0.29, 0.717) is 19.4 Å². The molecule has 0 radical (unpaired) electrons. The molecular weight excluding hydrogens is 1150 g/mol. The largest absolute Gasteiger partial charge is 0.466 e. The SMILES string of the molecule is C/C=C/CC/C=C/CC/C=C/C(O)C(COC1OC(CO)C(O)C(O)C1O)NC(=O)CCCCCCCCCCCCCCCCCCC/C=C\C/C=C\CCCCCCCCCCCCCCCOC(=O)CCCCCCCCCCCCCCCCCCCC. The minimum absolute atomic E-state index is 0.0170. The van der Waals surface area contributed by atoms with Gasteiger partial charge in [0.15, 0.2) is 6.29 Å². The monoisotopic (exact) mass is 1300 g/mol. The van der Waals surface area contributed by atoms with Crippen LogP contribution in [0.1, 0.15) is 380 Å². The highest BCUT2D eigenvalue weighted by atomic mass is 16.7. The number of rotatable bonds is 70. The van der Waals surface area contributed by atoms with Gasteiger partial charge >= 0.3 is 5.97 Å². The van der Waals surface area contributed by atoms with Crippen LogP contribution in [-0.4, -0.2) is 100 Å². The number of allylic oxidation sites excluding steroid dienone is 9. The van der Waals surface area contributed by atoms with Crippen LogP contribution in [0.5, 0.6) is 0 Å². The number of esters is 1. The summed E-state index contributed by atoms with van der Waals surface area (Å²) in [5, 5.41) is 54.3. The normalized spacial score (nSPS) is 17.8. The van der Waals surface area contributed by atoms with Crippen LogP contribution in [0.2, 0.25) is 0 Å². The Bertz CT molecular complexity index is 1710. The summed E-state index contributed by atoms with van der Waals surface area (Å²) >= 11 is 0. The Morgan fingerprint density at radius 2 is 0.783 bits per heavy atom. The number of amides is 1. The third-order valence-electron chi connectivity index (χ3n) is 18.7. The molecule has 1 heterocycles. The molecule has 0 spiro atoms. The zero-order chi connectivity index (χ0) is 66.5. The van der Waals surface area contributed by atoms with E-state index in [9.17, 15) is 35.1 Å². The number of carbonyl (C=O) groups excluding carboxylic acids is 2. The first-order chi connectivity index (χ1) is 45.2. The Hall–Kier alpha value is -2.64. The lowest BCUT2D eigenvalue weighted by Gasteiger charge is -2.40. The number of aliphatic hydroxyl groups excluding tert-OH is 5. The minimum atomic E-state index is -1.58. The first-order valence-electron chi connectivity index (χ1n) is 39.5. The molecule has 1 rings (SSSR count). The predicted octanol–water partition coefficient (Wildman–Crippen LogP) is 21.2. The van der Waals surface area contributed by atoms with E-state index in [1.54, 1.807) is 6.08 Å². The number of aliphatic hydroxyl groups is 5. The van der Waals surface area contributed by atoms with Crippen LogP contribution < -0.4 is 5.32 Å². The Labute approximate surface area is 567 Å². The molecule has 1 aliphatic heterocycles. The Morgan fingerprint density at radius 3 is 1.20 bits per heavy atom. The Kier molecular flexibility index (Phi) is 66.2. The van der Waals surface area contributed by atoms with Crippen LogP contribution in [0.25, 0.3) is 0 Å². The van der Waals surface area contributed by atoms with Gasteiger partial charge in [-0.3, -0.25) is 9.59 Å². The van der Waals surface area contributed by atoms with Crippen molar-refractivity contribution in [2.45, 2.75) is 423 Å². The zero-order valence-corrected chi connectivity index (χ0v) is 60.0. The molecule has 7 atom stereocenters. The van der Waals surface area contributed by atoms with Crippen LogP contribution in [0.3, 0.4) is 0 Å². The number of carbonyl (C=O) groups is 2. The highest BCUT2D eigenvalue weighted by Gasteiger charge is 2.44. The van der Waals surface area contributed by atoms with E-state index in [2.05, 4.69) is 54.8 Å². The number of ether oxygens (including phenoxy) is 3. The van der Waals surface area contributed by atoms with Crippen LogP contribution in [0.15, 0.2) is 60.8 Å². The summed E-state index contributed by atoms with van der Waals surface area (Å²) in [5.74, 6) is -0.179. The predicted molar refractivity (Wildman–Crippen MR) is 389 cm³/mol. The molecule has 538 valence electrons. The van der Waals surface area contributed by atoms with E-state index in [1.807, 2.05) is 19.1 Å². The first kappa shape index (κ1) is 87.4. The second-order valence-corrected chi connectivity index (χ2v) is 27.4. The molecule has 0 saturated carbocycles. The lowest BCUT2D eigenvalue weighted by atomic mass is 9.99. The van der Waals surface area contributed by atoms with Gasteiger partial charge in [-0.2, -0.15) is 0 Å². The topological polar surface area (TPSA) is 175 Å². The standard InChI is InChI=1S/C81H149NO10/c1-3-5-7-9-11-13-14-15-16-17-40-43-46-49-53-57-61-65-69-77(86)90-70-66-62-58-54-50-47-44-41-38-36-34-32-30-28-26-24-22-20-18-19-21-23-25-27-29-31-33-35-37-39-42-45-48-52-56-60-64-68-76(85)82-73(74(84)67-63-59-55-51-12-10-8-6-4-2)72-91-81-80(89)79(88)78(87)75(71-83)92-81/h4,6,12,18,20,24,26,51,63,67,73-75,78-81,83-84,87-89H,3,5,7-11,13-17,19,21-23,25,27-50,52-62,64-66,68-72H2,1-2H3,(H,82,85)/b6-4+,20-18-,26-24-,51-12+,67-63+. The van der Waals surface area contributed by atoms with Gasteiger partial charge in [0, 0.05) is 12.8 Å². The van der Waals surface area contributed by atoms with E-state index in [1.165, 1.54) is 289 Å². The molecule has 1 fully saturated rings. The van der Waals surface area contributed by atoms with Gasteiger partial charge in [-0.15, -0.1) is 0 Å². The summed E-state index contributed by atoms with van der Waals surface area (Å²) in [7, 11) is 0. The van der Waals surface area contributed by atoms with Gasteiger partial charge in [0.25, 0.3) is 0 Å². The molecule has 0 aromatic heterocycles. The van der Waals surface area contributed by atoms with Crippen molar-refractivity contribution in [3.63, 3.8) is 0 Å². The lowest BCUT2D eigenvalue weighted by Crippen LogP contribution is -2.60. The Balaban J connectivity index is 1.86. The van der Waals surface area contributed by atoms with Crippen molar-refractivity contribution in [1.29, 1.82) is 0 Å². The van der Waals surface area contributed by atoms with Gasteiger partial charge in [-0.05, 0) is 84.0 Å². The Morgan fingerprint density at radius 1 is 0.424 bits per heavy atom. The van der Waals surface area contributed by atoms with Crippen molar-refractivity contribution in [3.05, 3.63) is 60.8 Å². The van der Waals surface area contributed by atoms with Crippen LogP contribution >= 0.6 is 0 Å². The third-order valence-corrected chi connectivity index (χ3v) is 18.7. The molecule has 11 nitrogen and oxygen atoms in total. The average molecular weight is 1300 g/mol. The minimum Gasteiger partial charge on any atom is -0.466 e. The van der Waals surface area contributed by atoms with Crippen molar-refractivity contribution >= 4 is 11.9 Å². The van der Waals surface area contributed by atoms with Crippen molar-refractivity contribution in [2.75, 3.05) is 19.8 Å². The first-order valence-corrected chi connectivity index (χ1v) is 39.5. The van der Waals surface area contributed by atoms with Crippen LogP contribution in [0.4, 0.5) is 0 Å². The molecule has 1 aliphatic rings. The molecule has 0 aliphatic carbocycles. The van der Waals surface area contributed by atoms with E-state index in [0.717, 1.165) is 64.2 Å². The van der Waals surface area contributed by atoms with E-state index < -0.39 is 49.5 Å². The van der Waals surface area contributed by atoms with E-state index in [4.69, 9.17) is 14.2 Å². The summed E-state index contributed by atoms with van der Waals surface area (Å²) in [4.78, 5) is 25.1. The number of hydrogen-bond donors (Lipinski definition) is 6. The van der Waals surface area contributed by atoms with Crippen LogP contribution in [0, 0.1) is 0 Å². The maximum atomic E-state index is 13.0. The van der Waals surface area contributed by atoms with E-state index in [-0.39, 0.29) is 18.5 Å². The van der Waals surface area contributed by atoms with Gasteiger partial charge in [0.1, 0.15) is 24.4 Å². The molecule has 6 N–H and O–H groups in total. The number of hydrogen-bond acceptors (Lipinski definition) is 10. The van der Waals surface area contributed by atoms with Gasteiger partial charge in [0.05, 0.1) is 32.0 Å². The molecule has 0 aromatic rings. The maximum absolute atomic E-state index is 13.0.